The highest BCUT2D eigenvalue weighted by Gasteiger charge is 2.15. The average Bonchev–Trinajstić information content (AvgIpc) is 2.72. The number of methoxy groups -OCH3 is 1. The highest BCUT2D eigenvalue weighted by atomic mass is 79.9. The molecule has 1 fully saturated rings. The standard InChI is InChI=1S/C21H27BrN2O3/c1-3-12-27-21-18(19(22)8-9-20(21)25-2)15-23-16-4-6-17(7-5-16)24-10-13-26-14-11-24/h4-9,23H,3,10-15H2,1-2H3. The van der Waals surface area contributed by atoms with Crippen LogP contribution in [0.25, 0.3) is 0 Å². The van der Waals surface area contributed by atoms with E-state index in [2.05, 4.69) is 57.3 Å². The number of nitrogens with zero attached hydrogens (tertiary/aromatic N) is 1. The van der Waals surface area contributed by atoms with Crippen LogP contribution in [-0.4, -0.2) is 40.0 Å². The quantitative estimate of drug-likeness (QED) is 0.652. The lowest BCUT2D eigenvalue weighted by molar-refractivity contribution is 0.122. The van der Waals surface area contributed by atoms with Gasteiger partial charge in [0.25, 0.3) is 0 Å². The van der Waals surface area contributed by atoms with Crippen molar-refractivity contribution in [1.29, 1.82) is 0 Å². The minimum atomic E-state index is 0.647. The van der Waals surface area contributed by atoms with Gasteiger partial charge in [-0.15, -0.1) is 0 Å². The Labute approximate surface area is 169 Å². The van der Waals surface area contributed by atoms with Crippen molar-refractivity contribution >= 4 is 27.3 Å². The van der Waals surface area contributed by atoms with Gasteiger partial charge in [-0.1, -0.05) is 22.9 Å². The number of hydrogen-bond donors (Lipinski definition) is 1. The largest absolute Gasteiger partial charge is 0.493 e. The van der Waals surface area contributed by atoms with Crippen molar-refractivity contribution in [2.24, 2.45) is 0 Å². The molecule has 2 aromatic carbocycles. The average molecular weight is 435 g/mol. The Morgan fingerprint density at radius 3 is 2.52 bits per heavy atom. The summed E-state index contributed by atoms with van der Waals surface area (Å²) in [5.41, 5.74) is 3.36. The molecule has 0 amide bonds. The van der Waals surface area contributed by atoms with E-state index in [0.717, 1.165) is 59.9 Å². The van der Waals surface area contributed by atoms with Crippen LogP contribution >= 0.6 is 15.9 Å². The van der Waals surface area contributed by atoms with Crippen LogP contribution in [0.5, 0.6) is 11.5 Å². The van der Waals surface area contributed by atoms with E-state index in [-0.39, 0.29) is 0 Å². The van der Waals surface area contributed by atoms with Gasteiger partial charge in [0.1, 0.15) is 0 Å². The Morgan fingerprint density at radius 1 is 1.11 bits per heavy atom. The maximum absolute atomic E-state index is 5.96. The second kappa shape index (κ2) is 9.85. The third kappa shape index (κ3) is 5.08. The number of rotatable bonds is 8. The van der Waals surface area contributed by atoms with Gasteiger partial charge in [-0.2, -0.15) is 0 Å². The van der Waals surface area contributed by atoms with Crippen molar-refractivity contribution in [2.45, 2.75) is 19.9 Å². The van der Waals surface area contributed by atoms with E-state index in [0.29, 0.717) is 13.2 Å². The molecule has 0 bridgehead atoms. The molecule has 0 spiro atoms. The zero-order chi connectivity index (χ0) is 19.1. The van der Waals surface area contributed by atoms with Crippen molar-refractivity contribution in [3.05, 3.63) is 46.4 Å². The molecular weight excluding hydrogens is 408 g/mol. The number of nitrogens with one attached hydrogen (secondary N) is 1. The maximum atomic E-state index is 5.96. The Kier molecular flexibility index (Phi) is 7.24. The molecule has 2 aromatic rings. The van der Waals surface area contributed by atoms with Crippen LogP contribution in [0.3, 0.4) is 0 Å². The van der Waals surface area contributed by atoms with Crippen molar-refractivity contribution in [1.82, 2.24) is 0 Å². The molecule has 1 N–H and O–H groups in total. The van der Waals surface area contributed by atoms with E-state index in [9.17, 15) is 0 Å². The molecule has 5 nitrogen and oxygen atoms in total. The zero-order valence-electron chi connectivity index (χ0n) is 16.0. The van der Waals surface area contributed by atoms with Crippen molar-refractivity contribution in [2.75, 3.05) is 50.2 Å². The molecule has 146 valence electrons. The Balaban J connectivity index is 1.70. The van der Waals surface area contributed by atoms with Gasteiger partial charge < -0.3 is 24.4 Å². The number of halogens is 1. The molecule has 0 unspecified atom stereocenters. The van der Waals surface area contributed by atoms with E-state index in [1.54, 1.807) is 7.11 Å². The van der Waals surface area contributed by atoms with Crippen LogP contribution in [0.2, 0.25) is 0 Å². The normalized spacial score (nSPS) is 14.1. The molecule has 0 aliphatic carbocycles. The lowest BCUT2D eigenvalue weighted by Gasteiger charge is -2.29. The first-order valence-electron chi connectivity index (χ1n) is 9.37. The lowest BCUT2D eigenvalue weighted by atomic mass is 10.1. The summed E-state index contributed by atoms with van der Waals surface area (Å²) < 4.78 is 17.9. The molecule has 0 radical (unpaired) electrons. The summed E-state index contributed by atoms with van der Waals surface area (Å²) in [6, 6.07) is 12.5. The zero-order valence-corrected chi connectivity index (χ0v) is 17.5. The predicted molar refractivity (Wildman–Crippen MR) is 113 cm³/mol. The minimum absolute atomic E-state index is 0.647. The van der Waals surface area contributed by atoms with Crippen molar-refractivity contribution in [3.63, 3.8) is 0 Å². The molecule has 27 heavy (non-hydrogen) atoms. The molecule has 1 aliphatic heterocycles. The fourth-order valence-electron chi connectivity index (χ4n) is 3.07. The number of hydrogen-bond acceptors (Lipinski definition) is 5. The van der Waals surface area contributed by atoms with Gasteiger partial charge in [0, 0.05) is 41.0 Å². The van der Waals surface area contributed by atoms with Gasteiger partial charge in [0.15, 0.2) is 11.5 Å². The van der Waals surface area contributed by atoms with Crippen LogP contribution in [0, 0.1) is 0 Å². The second-order valence-corrected chi connectivity index (χ2v) is 7.26. The molecule has 1 saturated heterocycles. The highest BCUT2D eigenvalue weighted by molar-refractivity contribution is 9.10. The number of ether oxygens (including phenoxy) is 3. The fraction of sp³-hybridized carbons (Fsp3) is 0.429. The van der Waals surface area contributed by atoms with Gasteiger partial charge >= 0.3 is 0 Å². The first-order chi connectivity index (χ1) is 13.2. The maximum Gasteiger partial charge on any atom is 0.167 e. The van der Waals surface area contributed by atoms with E-state index < -0.39 is 0 Å². The third-order valence-electron chi connectivity index (χ3n) is 4.55. The van der Waals surface area contributed by atoms with E-state index in [1.165, 1.54) is 5.69 Å². The lowest BCUT2D eigenvalue weighted by Crippen LogP contribution is -2.36. The Morgan fingerprint density at radius 2 is 1.85 bits per heavy atom. The molecular formula is C21H27BrN2O3. The molecule has 3 rings (SSSR count). The molecule has 0 saturated carbocycles. The summed E-state index contributed by atoms with van der Waals surface area (Å²) in [7, 11) is 1.67. The number of anilines is 2. The summed E-state index contributed by atoms with van der Waals surface area (Å²) in [4.78, 5) is 2.35. The number of benzene rings is 2. The molecule has 1 aliphatic rings. The van der Waals surface area contributed by atoms with Crippen LogP contribution in [0.15, 0.2) is 40.9 Å². The van der Waals surface area contributed by atoms with Crippen molar-refractivity contribution in [3.8, 4) is 11.5 Å². The van der Waals surface area contributed by atoms with Crippen LogP contribution < -0.4 is 19.7 Å². The third-order valence-corrected chi connectivity index (χ3v) is 5.29. The van der Waals surface area contributed by atoms with Gasteiger partial charge in [-0.25, -0.2) is 0 Å². The topological polar surface area (TPSA) is 43.0 Å². The molecule has 6 heteroatoms. The van der Waals surface area contributed by atoms with E-state index in [4.69, 9.17) is 14.2 Å². The van der Waals surface area contributed by atoms with Crippen LogP contribution in [-0.2, 0) is 11.3 Å². The van der Waals surface area contributed by atoms with Gasteiger partial charge in [0.05, 0.1) is 26.9 Å². The smallest absolute Gasteiger partial charge is 0.167 e. The summed E-state index contributed by atoms with van der Waals surface area (Å²) in [6.45, 7) is 6.89. The fourth-order valence-corrected chi connectivity index (χ4v) is 3.52. The van der Waals surface area contributed by atoms with Gasteiger partial charge in [-0.05, 0) is 42.8 Å². The first-order valence-corrected chi connectivity index (χ1v) is 10.2. The van der Waals surface area contributed by atoms with Gasteiger partial charge in [-0.3, -0.25) is 0 Å². The summed E-state index contributed by atoms with van der Waals surface area (Å²) in [5, 5.41) is 3.49. The number of morpholine rings is 1. The van der Waals surface area contributed by atoms with E-state index >= 15 is 0 Å². The SMILES string of the molecule is CCCOc1c(OC)ccc(Br)c1CNc1ccc(N2CCOCC2)cc1. The Hall–Kier alpha value is -1.92. The summed E-state index contributed by atoms with van der Waals surface area (Å²) in [6.07, 6.45) is 0.950. The predicted octanol–water partition coefficient (Wildman–Crippen LogP) is 4.70. The monoisotopic (exact) mass is 434 g/mol. The molecule has 1 heterocycles. The van der Waals surface area contributed by atoms with Crippen molar-refractivity contribution < 1.29 is 14.2 Å². The Bertz CT molecular complexity index is 731. The summed E-state index contributed by atoms with van der Waals surface area (Å²) in [5.74, 6) is 1.55. The minimum Gasteiger partial charge on any atom is -0.493 e. The van der Waals surface area contributed by atoms with E-state index in [1.807, 2.05) is 12.1 Å². The first kappa shape index (κ1) is 19.8. The second-order valence-electron chi connectivity index (χ2n) is 6.41. The molecule has 0 atom stereocenters. The van der Waals surface area contributed by atoms with Gasteiger partial charge in [0.2, 0.25) is 0 Å². The van der Waals surface area contributed by atoms with Crippen LogP contribution in [0.1, 0.15) is 18.9 Å². The van der Waals surface area contributed by atoms with Crippen LogP contribution in [0.4, 0.5) is 11.4 Å². The molecule has 0 aromatic heterocycles. The summed E-state index contributed by atoms with van der Waals surface area (Å²) >= 11 is 3.65. The highest BCUT2D eigenvalue weighted by Crippen LogP contribution is 2.37.